The number of guanidine groups is 1. The third-order valence-electron chi connectivity index (χ3n) is 4.93. The number of aryl methyl sites for hydroxylation is 2. The number of hydrogen-bond acceptors (Lipinski definition) is 3. The van der Waals surface area contributed by atoms with Crippen molar-refractivity contribution in [1.82, 2.24) is 30.4 Å². The molecule has 3 N–H and O–H groups in total. The maximum Gasteiger partial charge on any atom is 0.191 e. The van der Waals surface area contributed by atoms with Crippen molar-refractivity contribution in [2.45, 2.75) is 39.3 Å². The van der Waals surface area contributed by atoms with Crippen LogP contribution in [0.4, 0.5) is 0 Å². The summed E-state index contributed by atoms with van der Waals surface area (Å²) in [6.45, 7) is 4.59. The van der Waals surface area contributed by atoms with Crippen LogP contribution in [0.2, 0.25) is 0 Å². The number of aromatic amines is 1. The number of aliphatic imine (C=N–C) groups is 1. The largest absolute Gasteiger partial charge is 0.361 e. The molecule has 0 unspecified atom stereocenters. The smallest absolute Gasteiger partial charge is 0.191 e. The molecule has 0 saturated carbocycles. The molecule has 1 aliphatic rings. The molecular formula is C19H26IN7. The second kappa shape index (κ2) is 8.73. The number of rotatable bonds is 5. The number of hydrogen-bond donors (Lipinski definition) is 3. The van der Waals surface area contributed by atoms with E-state index in [0.29, 0.717) is 6.54 Å². The number of H-pyrrole nitrogens is 1. The first kappa shape index (κ1) is 19.7. The molecule has 0 amide bonds. The van der Waals surface area contributed by atoms with Crippen molar-refractivity contribution in [2.24, 2.45) is 4.99 Å². The average Bonchev–Trinajstić information content (AvgIpc) is 3.34. The first-order chi connectivity index (χ1) is 12.7. The molecule has 0 bridgehead atoms. The summed E-state index contributed by atoms with van der Waals surface area (Å²) in [6.07, 6.45) is 5.23. The Hall–Kier alpha value is -2.10. The van der Waals surface area contributed by atoms with E-state index >= 15 is 0 Å². The third kappa shape index (κ3) is 4.26. The fourth-order valence-electron chi connectivity index (χ4n) is 3.55. The van der Waals surface area contributed by atoms with E-state index in [1.807, 2.05) is 0 Å². The molecule has 0 fully saturated rings. The molecule has 0 spiro atoms. The fourth-order valence-corrected chi connectivity index (χ4v) is 3.55. The Kier molecular flexibility index (Phi) is 6.35. The number of fused-ring (bicyclic) bond motifs is 2. The topological polar surface area (TPSA) is 82.9 Å². The zero-order valence-corrected chi connectivity index (χ0v) is 18.1. The van der Waals surface area contributed by atoms with Crippen LogP contribution in [-0.4, -0.2) is 39.3 Å². The molecule has 7 nitrogen and oxygen atoms in total. The van der Waals surface area contributed by atoms with Gasteiger partial charge in [-0.2, -0.15) is 0 Å². The second-order valence-electron chi connectivity index (χ2n) is 6.75. The van der Waals surface area contributed by atoms with E-state index in [-0.39, 0.29) is 24.0 Å². The molecule has 0 saturated heterocycles. The Bertz CT molecular complexity index is 941. The lowest BCUT2D eigenvalue weighted by Crippen LogP contribution is -2.38. The van der Waals surface area contributed by atoms with Crippen molar-refractivity contribution < 1.29 is 0 Å². The zero-order chi connectivity index (χ0) is 17.9. The summed E-state index contributed by atoms with van der Waals surface area (Å²) in [5, 5.41) is 16.5. The number of halogens is 1. The number of nitrogens with one attached hydrogen (secondary N) is 3. The first-order valence-electron chi connectivity index (χ1n) is 9.16. The summed E-state index contributed by atoms with van der Waals surface area (Å²) in [5.74, 6) is 2.86. The Labute approximate surface area is 176 Å². The van der Waals surface area contributed by atoms with E-state index in [0.717, 1.165) is 50.0 Å². The van der Waals surface area contributed by atoms with Gasteiger partial charge in [-0.15, -0.1) is 34.2 Å². The Morgan fingerprint density at radius 1 is 1.30 bits per heavy atom. The summed E-state index contributed by atoms with van der Waals surface area (Å²) >= 11 is 0. The lowest BCUT2D eigenvalue weighted by Gasteiger charge is -2.11. The van der Waals surface area contributed by atoms with Gasteiger partial charge in [0.15, 0.2) is 11.8 Å². The Balaban J connectivity index is 0.00000210. The highest BCUT2D eigenvalue weighted by Gasteiger charge is 2.17. The normalized spacial score (nSPS) is 13.5. The molecule has 1 aromatic carbocycles. The lowest BCUT2D eigenvalue weighted by atomic mass is 10.1. The highest BCUT2D eigenvalue weighted by molar-refractivity contribution is 14.0. The van der Waals surface area contributed by atoms with Gasteiger partial charge in [0.2, 0.25) is 0 Å². The van der Waals surface area contributed by atoms with Crippen LogP contribution in [0.25, 0.3) is 10.9 Å². The number of aromatic nitrogens is 4. The van der Waals surface area contributed by atoms with Crippen LogP contribution < -0.4 is 10.6 Å². The minimum absolute atomic E-state index is 0. The molecule has 144 valence electrons. The lowest BCUT2D eigenvalue weighted by molar-refractivity contribution is 0.662. The van der Waals surface area contributed by atoms with Crippen molar-refractivity contribution in [3.05, 3.63) is 47.2 Å². The van der Waals surface area contributed by atoms with Gasteiger partial charge in [0.25, 0.3) is 0 Å². The van der Waals surface area contributed by atoms with Crippen LogP contribution in [0, 0.1) is 6.92 Å². The number of benzene rings is 1. The summed E-state index contributed by atoms with van der Waals surface area (Å²) in [4.78, 5) is 7.66. The molecule has 0 aliphatic carbocycles. The molecule has 3 heterocycles. The van der Waals surface area contributed by atoms with Gasteiger partial charge in [-0.1, -0.05) is 12.1 Å². The van der Waals surface area contributed by atoms with Gasteiger partial charge in [0.1, 0.15) is 5.82 Å². The van der Waals surface area contributed by atoms with Gasteiger partial charge >= 0.3 is 0 Å². The monoisotopic (exact) mass is 479 g/mol. The van der Waals surface area contributed by atoms with E-state index < -0.39 is 0 Å². The van der Waals surface area contributed by atoms with E-state index in [1.54, 1.807) is 7.05 Å². The van der Waals surface area contributed by atoms with Crippen LogP contribution in [-0.2, 0) is 25.9 Å². The van der Waals surface area contributed by atoms with E-state index in [2.05, 4.69) is 66.7 Å². The van der Waals surface area contributed by atoms with Crippen molar-refractivity contribution in [3.8, 4) is 0 Å². The molecule has 0 radical (unpaired) electrons. The summed E-state index contributed by atoms with van der Waals surface area (Å²) in [6, 6.07) is 6.53. The van der Waals surface area contributed by atoms with Gasteiger partial charge in [0.05, 0.1) is 6.54 Å². The minimum atomic E-state index is 0. The summed E-state index contributed by atoms with van der Waals surface area (Å²) in [7, 11) is 1.79. The summed E-state index contributed by atoms with van der Waals surface area (Å²) < 4.78 is 2.20. The Morgan fingerprint density at radius 3 is 3.04 bits per heavy atom. The van der Waals surface area contributed by atoms with Crippen molar-refractivity contribution in [3.63, 3.8) is 0 Å². The third-order valence-corrected chi connectivity index (χ3v) is 4.93. The van der Waals surface area contributed by atoms with E-state index in [1.165, 1.54) is 22.0 Å². The van der Waals surface area contributed by atoms with Crippen molar-refractivity contribution in [1.29, 1.82) is 0 Å². The minimum Gasteiger partial charge on any atom is -0.361 e. The van der Waals surface area contributed by atoms with E-state index in [4.69, 9.17) is 0 Å². The van der Waals surface area contributed by atoms with Gasteiger partial charge in [0, 0.05) is 43.7 Å². The molecule has 0 atom stereocenters. The average molecular weight is 479 g/mol. The van der Waals surface area contributed by atoms with Gasteiger partial charge in [-0.3, -0.25) is 4.99 Å². The standard InChI is InChI=1S/C19H25N7.HI/c1-13-5-6-15-14(11-22-16(15)10-13)7-8-21-19(20-2)23-12-18-25-24-17-4-3-9-26(17)18;/h5-6,10-11,22H,3-4,7-9,12H2,1-2H3,(H2,20,21,23);1H. The van der Waals surface area contributed by atoms with Gasteiger partial charge in [-0.05, 0) is 37.0 Å². The quantitative estimate of drug-likeness (QED) is 0.299. The van der Waals surface area contributed by atoms with Crippen LogP contribution in [0.3, 0.4) is 0 Å². The first-order valence-corrected chi connectivity index (χ1v) is 9.16. The van der Waals surface area contributed by atoms with E-state index in [9.17, 15) is 0 Å². The molecule has 27 heavy (non-hydrogen) atoms. The maximum absolute atomic E-state index is 4.30. The van der Waals surface area contributed by atoms with Gasteiger partial charge in [-0.25, -0.2) is 0 Å². The van der Waals surface area contributed by atoms with Crippen LogP contribution >= 0.6 is 24.0 Å². The van der Waals surface area contributed by atoms with Crippen LogP contribution in [0.5, 0.6) is 0 Å². The van der Waals surface area contributed by atoms with Crippen LogP contribution in [0.15, 0.2) is 29.4 Å². The Morgan fingerprint density at radius 2 is 2.19 bits per heavy atom. The highest BCUT2D eigenvalue weighted by atomic mass is 127. The van der Waals surface area contributed by atoms with Crippen molar-refractivity contribution >= 4 is 40.8 Å². The SMILES string of the molecule is CN=C(NCCc1c[nH]c2cc(C)ccc12)NCc1nnc2n1CCC2.I. The van der Waals surface area contributed by atoms with Crippen LogP contribution in [0.1, 0.15) is 29.2 Å². The molecule has 2 aromatic heterocycles. The summed E-state index contributed by atoms with van der Waals surface area (Å²) in [5.41, 5.74) is 3.79. The van der Waals surface area contributed by atoms with Crippen molar-refractivity contribution in [2.75, 3.05) is 13.6 Å². The number of nitrogens with zero attached hydrogens (tertiary/aromatic N) is 4. The van der Waals surface area contributed by atoms with Gasteiger partial charge < -0.3 is 20.2 Å². The zero-order valence-electron chi connectivity index (χ0n) is 15.7. The predicted molar refractivity (Wildman–Crippen MR) is 119 cm³/mol. The fraction of sp³-hybridized carbons (Fsp3) is 0.421. The second-order valence-corrected chi connectivity index (χ2v) is 6.75. The molecule has 4 rings (SSSR count). The molecule has 1 aliphatic heterocycles. The highest BCUT2D eigenvalue weighted by Crippen LogP contribution is 2.19. The maximum atomic E-state index is 4.30. The predicted octanol–water partition coefficient (Wildman–Crippen LogP) is 2.54. The molecule has 8 heteroatoms. The molecule has 3 aromatic rings. The molecular weight excluding hydrogens is 453 g/mol.